The molecule has 0 amide bonds. The fourth-order valence-corrected chi connectivity index (χ4v) is 2.70. The van der Waals surface area contributed by atoms with Crippen LogP contribution in [-0.4, -0.2) is 21.0 Å². The molecule has 0 spiro atoms. The standard InChI is InChI=1S/C14H20ClNO4S/c1-9-11(15)7-10(8-12(9)21(16,18)19)13(17)20-6-5-14(2,3)4/h7-8H,5-6H2,1-4H3,(H2,16,18,19). The Morgan fingerprint density at radius 3 is 2.38 bits per heavy atom. The number of hydrogen-bond donors (Lipinski definition) is 1. The fourth-order valence-electron chi connectivity index (χ4n) is 1.60. The van der Waals surface area contributed by atoms with Gasteiger partial charge in [0.2, 0.25) is 10.0 Å². The zero-order valence-corrected chi connectivity index (χ0v) is 14.1. The van der Waals surface area contributed by atoms with E-state index in [0.717, 1.165) is 0 Å². The first-order valence-electron chi connectivity index (χ1n) is 6.42. The van der Waals surface area contributed by atoms with Gasteiger partial charge in [0.25, 0.3) is 0 Å². The second-order valence-electron chi connectivity index (χ2n) is 6.07. The number of ether oxygens (including phenoxy) is 1. The predicted octanol–water partition coefficient (Wildman–Crippen LogP) is 2.89. The van der Waals surface area contributed by atoms with Crippen molar-refractivity contribution in [1.82, 2.24) is 0 Å². The van der Waals surface area contributed by atoms with E-state index in [9.17, 15) is 13.2 Å². The normalized spacial score (nSPS) is 12.3. The van der Waals surface area contributed by atoms with Crippen LogP contribution in [0.3, 0.4) is 0 Å². The van der Waals surface area contributed by atoms with Gasteiger partial charge in [-0.05, 0) is 36.5 Å². The lowest BCUT2D eigenvalue weighted by Gasteiger charge is -2.17. The molecule has 0 aromatic heterocycles. The third kappa shape index (κ3) is 5.30. The number of primary sulfonamides is 1. The van der Waals surface area contributed by atoms with Crippen molar-refractivity contribution in [3.8, 4) is 0 Å². The van der Waals surface area contributed by atoms with Crippen LogP contribution in [0.2, 0.25) is 5.02 Å². The third-order valence-corrected chi connectivity index (χ3v) is 4.35. The van der Waals surface area contributed by atoms with E-state index >= 15 is 0 Å². The highest BCUT2D eigenvalue weighted by molar-refractivity contribution is 7.89. The number of sulfonamides is 1. The monoisotopic (exact) mass is 333 g/mol. The van der Waals surface area contributed by atoms with E-state index in [1.807, 2.05) is 20.8 Å². The highest BCUT2D eigenvalue weighted by atomic mass is 35.5. The van der Waals surface area contributed by atoms with Crippen LogP contribution in [0.25, 0.3) is 0 Å². The van der Waals surface area contributed by atoms with E-state index in [0.29, 0.717) is 12.0 Å². The molecule has 0 aliphatic carbocycles. The van der Waals surface area contributed by atoms with E-state index in [1.165, 1.54) is 19.1 Å². The number of carbonyl (C=O) groups excluding carboxylic acids is 1. The minimum Gasteiger partial charge on any atom is -0.462 e. The Kier molecular flexibility index (Phi) is 5.41. The zero-order chi connectivity index (χ0) is 16.4. The molecule has 0 bridgehead atoms. The summed E-state index contributed by atoms with van der Waals surface area (Å²) in [6.45, 7) is 7.86. The van der Waals surface area contributed by atoms with Crippen LogP contribution in [0.4, 0.5) is 0 Å². The number of hydrogen-bond acceptors (Lipinski definition) is 4. The van der Waals surface area contributed by atoms with Crippen LogP contribution >= 0.6 is 11.6 Å². The highest BCUT2D eigenvalue weighted by Gasteiger charge is 2.19. The molecule has 0 saturated heterocycles. The molecule has 0 aliphatic rings. The first kappa shape index (κ1) is 17.9. The molecule has 0 saturated carbocycles. The summed E-state index contributed by atoms with van der Waals surface area (Å²) in [5, 5.41) is 5.27. The summed E-state index contributed by atoms with van der Waals surface area (Å²) in [7, 11) is -3.95. The molecule has 0 heterocycles. The average Bonchev–Trinajstić information content (AvgIpc) is 2.29. The summed E-state index contributed by atoms with van der Waals surface area (Å²) in [4.78, 5) is 11.8. The lowest BCUT2D eigenvalue weighted by atomic mass is 9.93. The topological polar surface area (TPSA) is 86.5 Å². The Hall–Kier alpha value is -1.11. The van der Waals surface area contributed by atoms with E-state index in [-0.39, 0.29) is 27.5 Å². The van der Waals surface area contributed by atoms with E-state index in [4.69, 9.17) is 21.5 Å². The molecular formula is C14H20ClNO4S. The average molecular weight is 334 g/mol. The number of rotatable bonds is 4. The van der Waals surface area contributed by atoms with Crippen molar-refractivity contribution in [1.29, 1.82) is 0 Å². The molecule has 0 radical (unpaired) electrons. The largest absolute Gasteiger partial charge is 0.462 e. The minimum atomic E-state index is -3.95. The lowest BCUT2D eigenvalue weighted by Crippen LogP contribution is -2.16. The van der Waals surface area contributed by atoms with Gasteiger partial charge in [-0.15, -0.1) is 0 Å². The van der Waals surface area contributed by atoms with Crippen molar-refractivity contribution < 1.29 is 17.9 Å². The summed E-state index contributed by atoms with van der Waals surface area (Å²) in [5.74, 6) is -0.619. The molecular weight excluding hydrogens is 314 g/mol. The van der Waals surface area contributed by atoms with Gasteiger partial charge in [-0.3, -0.25) is 0 Å². The molecule has 1 aromatic carbocycles. The Bertz CT molecular complexity index is 648. The summed E-state index contributed by atoms with van der Waals surface area (Å²) in [6.07, 6.45) is 0.695. The first-order chi connectivity index (χ1) is 9.42. The quantitative estimate of drug-likeness (QED) is 0.858. The van der Waals surface area contributed by atoms with Crippen LogP contribution < -0.4 is 5.14 Å². The van der Waals surface area contributed by atoms with Gasteiger partial charge in [0.05, 0.1) is 17.1 Å². The van der Waals surface area contributed by atoms with Crippen molar-refractivity contribution in [3.05, 3.63) is 28.3 Å². The highest BCUT2D eigenvalue weighted by Crippen LogP contribution is 2.25. The molecule has 0 atom stereocenters. The zero-order valence-electron chi connectivity index (χ0n) is 12.6. The van der Waals surface area contributed by atoms with Gasteiger partial charge in [0, 0.05) is 5.02 Å². The summed E-state index contributed by atoms with van der Waals surface area (Å²) < 4.78 is 28.1. The van der Waals surface area contributed by atoms with Gasteiger partial charge in [0.1, 0.15) is 0 Å². The second-order valence-corrected chi connectivity index (χ2v) is 8.01. The van der Waals surface area contributed by atoms with Crippen molar-refractivity contribution >= 4 is 27.6 Å². The lowest BCUT2D eigenvalue weighted by molar-refractivity contribution is 0.0464. The van der Waals surface area contributed by atoms with Gasteiger partial charge < -0.3 is 4.74 Å². The molecule has 5 nitrogen and oxygen atoms in total. The molecule has 7 heteroatoms. The number of carbonyl (C=O) groups is 1. The van der Waals surface area contributed by atoms with Crippen LogP contribution in [-0.2, 0) is 14.8 Å². The first-order valence-corrected chi connectivity index (χ1v) is 8.34. The maximum atomic E-state index is 12.0. The van der Waals surface area contributed by atoms with E-state index in [1.54, 1.807) is 0 Å². The smallest absolute Gasteiger partial charge is 0.338 e. The molecule has 1 rings (SSSR count). The summed E-state index contributed by atoms with van der Waals surface area (Å²) in [6, 6.07) is 2.57. The molecule has 118 valence electrons. The SMILES string of the molecule is Cc1c(Cl)cc(C(=O)OCCC(C)(C)C)cc1S(N)(=O)=O. The Balaban J connectivity index is 2.99. The molecule has 0 aliphatic heterocycles. The van der Waals surface area contributed by atoms with Crippen molar-refractivity contribution in [3.63, 3.8) is 0 Å². The number of esters is 1. The summed E-state index contributed by atoms with van der Waals surface area (Å²) in [5.41, 5.74) is 0.422. The molecule has 0 unspecified atom stereocenters. The van der Waals surface area contributed by atoms with Crippen LogP contribution in [0, 0.1) is 12.3 Å². The van der Waals surface area contributed by atoms with Crippen molar-refractivity contribution in [2.24, 2.45) is 10.6 Å². The predicted molar refractivity (Wildman–Crippen MR) is 81.9 cm³/mol. The van der Waals surface area contributed by atoms with Crippen molar-refractivity contribution in [2.75, 3.05) is 6.61 Å². The van der Waals surface area contributed by atoms with Crippen LogP contribution in [0.15, 0.2) is 17.0 Å². The Labute approximate surface area is 130 Å². The molecule has 0 fully saturated rings. The van der Waals surface area contributed by atoms with Crippen LogP contribution in [0.1, 0.15) is 43.1 Å². The van der Waals surface area contributed by atoms with Gasteiger partial charge in [-0.2, -0.15) is 0 Å². The summed E-state index contributed by atoms with van der Waals surface area (Å²) >= 11 is 5.95. The van der Waals surface area contributed by atoms with Crippen molar-refractivity contribution in [2.45, 2.75) is 39.0 Å². The van der Waals surface area contributed by atoms with Gasteiger partial charge in [-0.1, -0.05) is 32.4 Å². The van der Waals surface area contributed by atoms with Gasteiger partial charge in [-0.25, -0.2) is 18.4 Å². The maximum absolute atomic E-state index is 12.0. The maximum Gasteiger partial charge on any atom is 0.338 e. The minimum absolute atomic E-state index is 0.0387. The Morgan fingerprint density at radius 1 is 1.33 bits per heavy atom. The van der Waals surface area contributed by atoms with Gasteiger partial charge in [0.15, 0.2) is 0 Å². The second kappa shape index (κ2) is 6.34. The number of nitrogens with two attached hydrogens (primary N) is 1. The molecule has 1 aromatic rings. The van der Waals surface area contributed by atoms with E-state index in [2.05, 4.69) is 0 Å². The van der Waals surface area contributed by atoms with E-state index < -0.39 is 16.0 Å². The Morgan fingerprint density at radius 2 is 1.90 bits per heavy atom. The fraction of sp³-hybridized carbons (Fsp3) is 0.500. The number of benzene rings is 1. The van der Waals surface area contributed by atoms with Crippen LogP contribution in [0.5, 0.6) is 0 Å². The molecule has 2 N–H and O–H groups in total. The third-order valence-electron chi connectivity index (χ3n) is 2.92. The number of halogens is 1. The molecule has 21 heavy (non-hydrogen) atoms. The van der Waals surface area contributed by atoms with Gasteiger partial charge >= 0.3 is 5.97 Å².